The third-order valence-electron chi connectivity index (χ3n) is 3.33. The molecule has 0 amide bonds. The van der Waals surface area contributed by atoms with Crippen molar-refractivity contribution < 1.29 is 9.90 Å². The van der Waals surface area contributed by atoms with Crippen molar-refractivity contribution in [2.24, 2.45) is 0 Å². The summed E-state index contributed by atoms with van der Waals surface area (Å²) in [6.07, 6.45) is 2.78. The highest BCUT2D eigenvalue weighted by Gasteiger charge is 2.20. The number of carboxylic acids is 1. The molecule has 0 spiro atoms. The summed E-state index contributed by atoms with van der Waals surface area (Å²) in [5.74, 6) is -0.729. The van der Waals surface area contributed by atoms with Crippen LogP contribution >= 0.6 is 24.8 Å². The zero-order valence-electron chi connectivity index (χ0n) is 12.0. The molecular weight excluding hydrogens is 311 g/mol. The van der Waals surface area contributed by atoms with Crippen LogP contribution in [0.5, 0.6) is 0 Å². The molecule has 0 heterocycles. The van der Waals surface area contributed by atoms with E-state index in [1.54, 1.807) is 0 Å². The molecule has 1 aromatic carbocycles. The van der Waals surface area contributed by atoms with Crippen LogP contribution in [0.2, 0.25) is 0 Å². The van der Waals surface area contributed by atoms with E-state index < -0.39 is 5.97 Å². The Labute approximate surface area is 138 Å². The summed E-state index contributed by atoms with van der Waals surface area (Å²) in [7, 11) is 0. The van der Waals surface area contributed by atoms with Crippen LogP contribution in [0, 0.1) is 0 Å². The highest BCUT2D eigenvalue weighted by molar-refractivity contribution is 5.85. The van der Waals surface area contributed by atoms with Crippen molar-refractivity contribution in [2.75, 3.05) is 19.6 Å². The molecule has 0 bridgehead atoms. The maximum atomic E-state index is 10.7. The second-order valence-electron chi connectivity index (χ2n) is 5.13. The average molecular weight is 335 g/mol. The summed E-state index contributed by atoms with van der Waals surface area (Å²) in [5.41, 5.74) is 1.24. The molecule has 2 rings (SSSR count). The second kappa shape index (κ2) is 10.9. The largest absolute Gasteiger partial charge is 0.481 e. The van der Waals surface area contributed by atoms with Crippen molar-refractivity contribution in [2.45, 2.75) is 31.8 Å². The number of hydrogen-bond acceptors (Lipinski definition) is 3. The fourth-order valence-corrected chi connectivity index (χ4v) is 2.08. The third-order valence-corrected chi connectivity index (χ3v) is 3.33. The van der Waals surface area contributed by atoms with Gasteiger partial charge in [-0.15, -0.1) is 24.8 Å². The molecule has 0 radical (unpaired) electrons. The molecular formula is C15H24Cl2N2O2. The smallest absolute Gasteiger partial charge is 0.304 e. The first-order chi connectivity index (χ1) is 9.24. The SMILES string of the molecule is Cl.Cl.O=C(O)CCN(CCNC1CC1)Cc1ccccc1. The summed E-state index contributed by atoms with van der Waals surface area (Å²) < 4.78 is 0. The third kappa shape index (κ3) is 8.94. The molecule has 0 aromatic heterocycles. The van der Waals surface area contributed by atoms with Gasteiger partial charge in [0.15, 0.2) is 0 Å². The highest BCUT2D eigenvalue weighted by Crippen LogP contribution is 2.18. The standard InChI is InChI=1S/C15H22N2O2.2ClH/c18-15(19)8-10-17(11-9-16-14-6-7-14)12-13-4-2-1-3-5-13;;/h1-5,14,16H,6-12H2,(H,18,19);2*1H. The number of carbonyl (C=O) groups is 1. The molecule has 2 N–H and O–H groups in total. The Morgan fingerprint density at radius 2 is 1.86 bits per heavy atom. The normalized spacial score (nSPS) is 13.4. The van der Waals surface area contributed by atoms with Crippen molar-refractivity contribution in [1.29, 1.82) is 0 Å². The van der Waals surface area contributed by atoms with E-state index >= 15 is 0 Å². The molecule has 0 aliphatic heterocycles. The van der Waals surface area contributed by atoms with Crippen molar-refractivity contribution in [1.82, 2.24) is 10.2 Å². The van der Waals surface area contributed by atoms with Crippen LogP contribution in [0.4, 0.5) is 0 Å². The Morgan fingerprint density at radius 3 is 2.43 bits per heavy atom. The van der Waals surface area contributed by atoms with Crippen LogP contribution in [-0.2, 0) is 11.3 Å². The van der Waals surface area contributed by atoms with Gasteiger partial charge in [0.1, 0.15) is 0 Å². The quantitative estimate of drug-likeness (QED) is 0.728. The van der Waals surface area contributed by atoms with Crippen molar-refractivity contribution in [3.63, 3.8) is 0 Å². The molecule has 1 aromatic rings. The van der Waals surface area contributed by atoms with Gasteiger partial charge in [-0.2, -0.15) is 0 Å². The van der Waals surface area contributed by atoms with Crippen molar-refractivity contribution in [3.05, 3.63) is 35.9 Å². The number of benzene rings is 1. The predicted octanol–water partition coefficient (Wildman–Crippen LogP) is 2.56. The predicted molar refractivity (Wildman–Crippen MR) is 89.5 cm³/mol. The van der Waals surface area contributed by atoms with Crippen LogP contribution in [0.1, 0.15) is 24.8 Å². The lowest BCUT2D eigenvalue weighted by Crippen LogP contribution is -2.34. The first-order valence-electron chi connectivity index (χ1n) is 6.95. The van der Waals surface area contributed by atoms with E-state index in [-0.39, 0.29) is 31.2 Å². The summed E-state index contributed by atoms with van der Waals surface area (Å²) in [6.45, 7) is 3.27. The Bertz CT molecular complexity index is 400. The number of rotatable bonds is 9. The van der Waals surface area contributed by atoms with Gasteiger partial charge in [0.25, 0.3) is 0 Å². The maximum Gasteiger partial charge on any atom is 0.304 e. The van der Waals surface area contributed by atoms with Gasteiger partial charge in [0, 0.05) is 32.2 Å². The molecule has 0 saturated heterocycles. The van der Waals surface area contributed by atoms with E-state index in [1.807, 2.05) is 18.2 Å². The second-order valence-corrected chi connectivity index (χ2v) is 5.13. The minimum Gasteiger partial charge on any atom is -0.481 e. The fourth-order valence-electron chi connectivity index (χ4n) is 2.08. The number of nitrogens with zero attached hydrogens (tertiary/aromatic N) is 1. The summed E-state index contributed by atoms with van der Waals surface area (Å²) >= 11 is 0. The lowest BCUT2D eigenvalue weighted by Gasteiger charge is -2.22. The average Bonchev–Trinajstić information content (AvgIpc) is 3.21. The van der Waals surface area contributed by atoms with Crippen LogP contribution < -0.4 is 5.32 Å². The van der Waals surface area contributed by atoms with Gasteiger partial charge in [0.05, 0.1) is 6.42 Å². The topological polar surface area (TPSA) is 52.6 Å². The minimum absolute atomic E-state index is 0. The lowest BCUT2D eigenvalue weighted by molar-refractivity contribution is -0.137. The molecule has 1 aliphatic carbocycles. The van der Waals surface area contributed by atoms with Crippen LogP contribution in [0.25, 0.3) is 0 Å². The van der Waals surface area contributed by atoms with Gasteiger partial charge in [-0.25, -0.2) is 0 Å². The van der Waals surface area contributed by atoms with E-state index in [1.165, 1.54) is 18.4 Å². The summed E-state index contributed by atoms with van der Waals surface area (Å²) in [6, 6.07) is 10.9. The monoisotopic (exact) mass is 334 g/mol. The van der Waals surface area contributed by atoms with Gasteiger partial charge in [0.2, 0.25) is 0 Å². The molecule has 120 valence electrons. The summed E-state index contributed by atoms with van der Waals surface area (Å²) in [5, 5.41) is 12.3. The van der Waals surface area contributed by atoms with E-state index in [2.05, 4.69) is 22.3 Å². The number of hydrogen-bond donors (Lipinski definition) is 2. The Morgan fingerprint density at radius 1 is 1.19 bits per heavy atom. The van der Waals surface area contributed by atoms with Gasteiger partial charge < -0.3 is 10.4 Å². The minimum atomic E-state index is -0.729. The van der Waals surface area contributed by atoms with E-state index in [0.717, 1.165) is 19.6 Å². The summed E-state index contributed by atoms with van der Waals surface area (Å²) in [4.78, 5) is 12.9. The highest BCUT2D eigenvalue weighted by atomic mass is 35.5. The zero-order chi connectivity index (χ0) is 13.5. The molecule has 1 saturated carbocycles. The van der Waals surface area contributed by atoms with Crippen LogP contribution in [0.15, 0.2) is 30.3 Å². The van der Waals surface area contributed by atoms with E-state index in [4.69, 9.17) is 5.11 Å². The van der Waals surface area contributed by atoms with Crippen LogP contribution in [0.3, 0.4) is 0 Å². The molecule has 0 atom stereocenters. The molecule has 21 heavy (non-hydrogen) atoms. The molecule has 4 nitrogen and oxygen atoms in total. The number of aliphatic carboxylic acids is 1. The molecule has 0 unspecified atom stereocenters. The van der Waals surface area contributed by atoms with Gasteiger partial charge in [-0.05, 0) is 18.4 Å². The van der Waals surface area contributed by atoms with Crippen molar-refractivity contribution >= 4 is 30.8 Å². The Hall–Kier alpha value is -0.810. The van der Waals surface area contributed by atoms with E-state index in [0.29, 0.717) is 12.6 Å². The molecule has 1 fully saturated rings. The first-order valence-corrected chi connectivity index (χ1v) is 6.95. The fraction of sp³-hybridized carbons (Fsp3) is 0.533. The van der Waals surface area contributed by atoms with Gasteiger partial charge in [-0.1, -0.05) is 30.3 Å². The van der Waals surface area contributed by atoms with Crippen molar-refractivity contribution in [3.8, 4) is 0 Å². The van der Waals surface area contributed by atoms with Gasteiger partial charge >= 0.3 is 5.97 Å². The Kier molecular flexibility index (Phi) is 10.4. The molecule has 1 aliphatic rings. The number of halogens is 2. The molecule has 6 heteroatoms. The zero-order valence-corrected chi connectivity index (χ0v) is 13.7. The van der Waals surface area contributed by atoms with Crippen LogP contribution in [-0.4, -0.2) is 41.7 Å². The number of nitrogens with one attached hydrogen (secondary N) is 1. The van der Waals surface area contributed by atoms with Gasteiger partial charge in [-0.3, -0.25) is 9.69 Å². The number of carboxylic acid groups (broad SMARTS) is 1. The lowest BCUT2D eigenvalue weighted by atomic mass is 10.2. The Balaban J connectivity index is 0.00000200. The maximum absolute atomic E-state index is 10.7. The van der Waals surface area contributed by atoms with E-state index in [9.17, 15) is 4.79 Å². The first kappa shape index (κ1) is 20.2.